The molecule has 2 atom stereocenters. The number of fused-ring (bicyclic) bond motifs is 1. The molecule has 10 heavy (non-hydrogen) atoms. The van der Waals surface area contributed by atoms with E-state index >= 15 is 0 Å². The Hall–Kier alpha value is -0.650. The molecule has 0 aromatic carbocycles. The number of carbonyl (C=O) groups is 1. The summed E-state index contributed by atoms with van der Waals surface area (Å²) in [7, 11) is 1.70. The van der Waals surface area contributed by atoms with Gasteiger partial charge in [-0.2, -0.15) is 5.06 Å². The number of amides is 1. The fraction of sp³-hybridized carbons (Fsp3) is 0.800. The summed E-state index contributed by atoms with van der Waals surface area (Å²) in [4.78, 5) is 15.9. The molecule has 2 saturated heterocycles. The Labute approximate surface area is 57.8 Å². The van der Waals surface area contributed by atoms with Crippen LogP contribution in [0.3, 0.4) is 0 Å². The van der Waals surface area contributed by atoms with Crippen molar-refractivity contribution in [3.8, 4) is 0 Å². The number of likely N-dealkylation sites (N-methyl/N-ethyl adjacent to an activating group) is 1. The van der Waals surface area contributed by atoms with Crippen LogP contribution in [0.2, 0.25) is 0 Å². The maximum Gasteiger partial charge on any atom is 0.238 e. The van der Waals surface area contributed by atoms with Crippen LogP contribution in [-0.4, -0.2) is 37.1 Å². The van der Waals surface area contributed by atoms with Gasteiger partial charge in [-0.3, -0.25) is 9.63 Å². The Bertz CT molecular complexity index is 168. The van der Waals surface area contributed by atoms with E-state index in [0.717, 1.165) is 0 Å². The van der Waals surface area contributed by atoms with Crippen molar-refractivity contribution in [2.45, 2.75) is 12.5 Å². The number of ether oxygens (including phenoxy) is 1. The predicted molar refractivity (Wildman–Crippen MR) is 30.5 cm³/mol. The van der Waals surface area contributed by atoms with E-state index in [-0.39, 0.29) is 25.0 Å². The standard InChI is InChI=1S/C5H8N2O3/c1-7-2-3(8)6-4-5(9-4)10-7/h4-5H,2H2,1H3,(H,6,8). The number of carbonyl (C=O) groups excluding carboxylic acids is 1. The number of hydrogen-bond acceptors (Lipinski definition) is 4. The molecule has 0 aliphatic carbocycles. The number of epoxide rings is 1. The van der Waals surface area contributed by atoms with Crippen LogP contribution in [0.15, 0.2) is 0 Å². The zero-order valence-electron chi connectivity index (χ0n) is 5.53. The number of nitrogens with one attached hydrogen (secondary N) is 1. The smallest absolute Gasteiger partial charge is 0.238 e. The van der Waals surface area contributed by atoms with Crippen molar-refractivity contribution < 1.29 is 14.4 Å². The van der Waals surface area contributed by atoms with Crippen LogP contribution in [0, 0.1) is 0 Å². The zero-order valence-corrected chi connectivity index (χ0v) is 5.53. The quantitative estimate of drug-likeness (QED) is 0.428. The van der Waals surface area contributed by atoms with E-state index in [4.69, 9.17) is 9.57 Å². The van der Waals surface area contributed by atoms with Gasteiger partial charge in [-0.15, -0.1) is 0 Å². The second-order valence-corrected chi connectivity index (χ2v) is 2.38. The Kier molecular flexibility index (Phi) is 1.17. The highest BCUT2D eigenvalue weighted by Gasteiger charge is 2.45. The first-order valence-corrected chi connectivity index (χ1v) is 3.08. The fourth-order valence-corrected chi connectivity index (χ4v) is 0.902. The van der Waals surface area contributed by atoms with Gasteiger partial charge in [0.1, 0.15) is 6.54 Å². The molecule has 2 aliphatic rings. The molecule has 5 nitrogen and oxygen atoms in total. The molecule has 1 N–H and O–H groups in total. The molecule has 0 aromatic rings. The lowest BCUT2D eigenvalue weighted by molar-refractivity contribution is -0.178. The molecule has 0 spiro atoms. The van der Waals surface area contributed by atoms with Gasteiger partial charge in [-0.1, -0.05) is 0 Å². The van der Waals surface area contributed by atoms with Crippen molar-refractivity contribution in [2.24, 2.45) is 0 Å². The SMILES string of the molecule is CN1CC(=O)NC2OC2O1. The van der Waals surface area contributed by atoms with Crippen LogP contribution < -0.4 is 5.32 Å². The van der Waals surface area contributed by atoms with Gasteiger partial charge in [0, 0.05) is 7.05 Å². The van der Waals surface area contributed by atoms with Gasteiger partial charge < -0.3 is 10.1 Å². The Morgan fingerprint density at radius 3 is 3.40 bits per heavy atom. The molecule has 2 rings (SSSR count). The maximum atomic E-state index is 10.8. The highest BCUT2D eigenvalue weighted by atomic mass is 16.9. The Morgan fingerprint density at radius 1 is 1.80 bits per heavy atom. The lowest BCUT2D eigenvalue weighted by Gasteiger charge is -2.10. The molecular weight excluding hydrogens is 136 g/mol. The van der Waals surface area contributed by atoms with E-state index in [0.29, 0.717) is 0 Å². The minimum Gasteiger partial charge on any atom is -0.325 e. The third kappa shape index (κ3) is 0.985. The largest absolute Gasteiger partial charge is 0.325 e. The van der Waals surface area contributed by atoms with Crippen LogP contribution in [0.5, 0.6) is 0 Å². The molecule has 0 aromatic heterocycles. The van der Waals surface area contributed by atoms with Gasteiger partial charge in [0.25, 0.3) is 0 Å². The van der Waals surface area contributed by atoms with E-state index in [1.54, 1.807) is 7.05 Å². The summed E-state index contributed by atoms with van der Waals surface area (Å²) in [6.07, 6.45) is -0.464. The van der Waals surface area contributed by atoms with E-state index in [9.17, 15) is 4.79 Å². The third-order valence-corrected chi connectivity index (χ3v) is 1.40. The topological polar surface area (TPSA) is 54.1 Å². The van der Waals surface area contributed by atoms with E-state index in [1.807, 2.05) is 0 Å². The summed E-state index contributed by atoms with van der Waals surface area (Å²) in [6.45, 7) is 0.274. The molecule has 2 heterocycles. The zero-order chi connectivity index (χ0) is 7.14. The average molecular weight is 144 g/mol. The molecule has 0 saturated carbocycles. The summed E-state index contributed by atoms with van der Waals surface area (Å²) in [5, 5.41) is 4.08. The highest BCUT2D eigenvalue weighted by Crippen LogP contribution is 2.22. The van der Waals surface area contributed by atoms with Crippen molar-refractivity contribution in [3.63, 3.8) is 0 Å². The monoisotopic (exact) mass is 144 g/mol. The second kappa shape index (κ2) is 1.91. The third-order valence-electron chi connectivity index (χ3n) is 1.40. The molecule has 1 amide bonds. The molecule has 2 unspecified atom stereocenters. The van der Waals surface area contributed by atoms with Crippen molar-refractivity contribution in [3.05, 3.63) is 0 Å². The van der Waals surface area contributed by atoms with Gasteiger partial charge in [-0.05, 0) is 0 Å². The van der Waals surface area contributed by atoms with Gasteiger partial charge >= 0.3 is 0 Å². The van der Waals surface area contributed by atoms with Crippen LogP contribution in [0.1, 0.15) is 0 Å². The van der Waals surface area contributed by atoms with E-state index in [2.05, 4.69) is 5.32 Å². The molecule has 2 fully saturated rings. The van der Waals surface area contributed by atoms with Gasteiger partial charge in [0.15, 0.2) is 6.23 Å². The minimum absolute atomic E-state index is 0.0625. The number of hydroxylamine groups is 2. The Morgan fingerprint density at radius 2 is 2.60 bits per heavy atom. The molecule has 2 aliphatic heterocycles. The normalized spacial score (nSPS) is 39.9. The van der Waals surface area contributed by atoms with E-state index < -0.39 is 0 Å². The van der Waals surface area contributed by atoms with Crippen molar-refractivity contribution in [1.29, 1.82) is 0 Å². The first kappa shape index (κ1) is 6.09. The van der Waals surface area contributed by atoms with Crippen LogP contribution in [-0.2, 0) is 14.4 Å². The molecule has 56 valence electrons. The number of hydrogen-bond donors (Lipinski definition) is 1. The van der Waals surface area contributed by atoms with E-state index in [1.165, 1.54) is 5.06 Å². The first-order valence-electron chi connectivity index (χ1n) is 3.08. The number of nitrogens with zero attached hydrogens (tertiary/aromatic N) is 1. The molecular formula is C5H8N2O3. The molecule has 0 bridgehead atoms. The van der Waals surface area contributed by atoms with Crippen LogP contribution in [0.25, 0.3) is 0 Å². The van der Waals surface area contributed by atoms with Crippen molar-refractivity contribution >= 4 is 5.91 Å². The summed E-state index contributed by atoms with van der Waals surface area (Å²) < 4.78 is 4.90. The van der Waals surface area contributed by atoms with Gasteiger partial charge in [0.05, 0.1) is 0 Å². The van der Waals surface area contributed by atoms with Crippen molar-refractivity contribution in [2.75, 3.05) is 13.6 Å². The average Bonchev–Trinajstić information content (AvgIpc) is 2.43. The predicted octanol–water partition coefficient (Wildman–Crippen LogP) is -1.34. The number of rotatable bonds is 0. The first-order chi connectivity index (χ1) is 4.75. The van der Waals surface area contributed by atoms with Crippen LogP contribution in [0.4, 0.5) is 0 Å². The lowest BCUT2D eigenvalue weighted by atomic mass is 10.5. The fourth-order valence-electron chi connectivity index (χ4n) is 0.902. The summed E-state index contributed by atoms with van der Waals surface area (Å²) in [5.74, 6) is -0.0625. The second-order valence-electron chi connectivity index (χ2n) is 2.38. The molecule has 5 heteroatoms. The summed E-state index contributed by atoms with van der Waals surface area (Å²) in [5.41, 5.74) is 0. The lowest BCUT2D eigenvalue weighted by Crippen LogP contribution is -2.32. The summed E-state index contributed by atoms with van der Waals surface area (Å²) >= 11 is 0. The Balaban J connectivity index is 2.02. The van der Waals surface area contributed by atoms with Crippen molar-refractivity contribution in [1.82, 2.24) is 10.4 Å². The summed E-state index contributed by atoms with van der Waals surface area (Å²) in [6, 6.07) is 0. The highest BCUT2D eigenvalue weighted by molar-refractivity contribution is 5.78. The van der Waals surface area contributed by atoms with Gasteiger partial charge in [0.2, 0.25) is 12.2 Å². The minimum atomic E-state index is -0.253. The van der Waals surface area contributed by atoms with Crippen LogP contribution >= 0.6 is 0 Å². The van der Waals surface area contributed by atoms with Gasteiger partial charge in [-0.25, -0.2) is 0 Å². The molecule has 0 radical (unpaired) electrons. The maximum absolute atomic E-state index is 10.8.